The van der Waals surface area contributed by atoms with Gasteiger partial charge in [0.1, 0.15) is 12.0 Å². The maximum absolute atomic E-state index is 10.8. The molecule has 1 atom stereocenters. The number of phenolic OH excluding ortho intramolecular Hbond substituents is 1. The molecule has 2 heterocycles. The summed E-state index contributed by atoms with van der Waals surface area (Å²) >= 11 is 1.57. The molecule has 0 bridgehead atoms. The zero-order valence-electron chi connectivity index (χ0n) is 16.4. The topological polar surface area (TPSA) is 76.4 Å². The molecule has 0 saturated carbocycles. The first-order valence-corrected chi connectivity index (χ1v) is 10.4. The van der Waals surface area contributed by atoms with E-state index >= 15 is 0 Å². The molecule has 2 aromatic rings. The number of benzene rings is 1. The number of rotatable bonds is 7. The van der Waals surface area contributed by atoms with Crippen molar-refractivity contribution in [1.82, 2.24) is 10.2 Å². The summed E-state index contributed by atoms with van der Waals surface area (Å²) in [7, 11) is 0. The fourth-order valence-corrected chi connectivity index (χ4v) is 4.43. The van der Waals surface area contributed by atoms with Gasteiger partial charge in [-0.2, -0.15) is 0 Å². The van der Waals surface area contributed by atoms with Crippen molar-refractivity contribution in [3.8, 4) is 5.75 Å². The number of phenols is 1. The highest BCUT2D eigenvalue weighted by atomic mass is 32.1. The van der Waals surface area contributed by atoms with Gasteiger partial charge in [0.2, 0.25) is 0 Å². The van der Waals surface area contributed by atoms with Gasteiger partial charge in [-0.15, -0.1) is 11.3 Å². The number of aldehydes is 1. The van der Waals surface area contributed by atoms with Crippen molar-refractivity contribution in [2.75, 3.05) is 19.6 Å². The molecule has 28 heavy (non-hydrogen) atoms. The molecule has 3 rings (SSSR count). The summed E-state index contributed by atoms with van der Waals surface area (Å²) in [6.45, 7) is 10.2. The normalized spacial score (nSPS) is 18.6. The number of likely N-dealkylation sites (tertiary alicyclic amines) is 1. The van der Waals surface area contributed by atoms with Crippen LogP contribution in [0.5, 0.6) is 5.75 Å². The molecule has 0 amide bonds. The molecular weight excluding hydrogens is 370 g/mol. The Hall–Kier alpha value is -2.44. The fraction of sp³-hybridized carbons (Fsp3) is 0.364. The molecule has 0 aliphatic carbocycles. The minimum absolute atomic E-state index is 0.159. The SMILES string of the molecule is C=C(N[C@@H]1CCCN(CC=O)C1)/C(C)=C(/C)C(=N)c1ccc2sccc2c1O. The Balaban J connectivity index is 1.75. The second-order valence-electron chi connectivity index (χ2n) is 7.31. The van der Waals surface area contributed by atoms with E-state index in [0.29, 0.717) is 17.8 Å². The molecule has 148 valence electrons. The van der Waals surface area contributed by atoms with E-state index in [1.165, 1.54) is 0 Å². The summed E-state index contributed by atoms with van der Waals surface area (Å²) in [6.07, 6.45) is 3.03. The van der Waals surface area contributed by atoms with Gasteiger partial charge in [0.15, 0.2) is 0 Å². The summed E-state index contributed by atoms with van der Waals surface area (Å²) in [6, 6.07) is 5.88. The first-order chi connectivity index (χ1) is 13.4. The van der Waals surface area contributed by atoms with Gasteiger partial charge in [-0.25, -0.2) is 0 Å². The van der Waals surface area contributed by atoms with Gasteiger partial charge in [0.25, 0.3) is 0 Å². The number of fused-ring (bicyclic) bond motifs is 1. The van der Waals surface area contributed by atoms with Gasteiger partial charge < -0.3 is 15.2 Å². The van der Waals surface area contributed by atoms with E-state index in [2.05, 4.69) is 16.8 Å². The van der Waals surface area contributed by atoms with E-state index in [0.717, 1.165) is 59.1 Å². The lowest BCUT2D eigenvalue weighted by atomic mass is 9.96. The van der Waals surface area contributed by atoms with E-state index in [1.54, 1.807) is 11.3 Å². The van der Waals surface area contributed by atoms with Crippen molar-refractivity contribution >= 4 is 33.4 Å². The van der Waals surface area contributed by atoms with Crippen LogP contribution in [-0.2, 0) is 4.79 Å². The summed E-state index contributed by atoms with van der Waals surface area (Å²) in [5.41, 5.74) is 3.31. The van der Waals surface area contributed by atoms with Crippen LogP contribution >= 0.6 is 11.3 Å². The first kappa shape index (κ1) is 20.3. The molecule has 1 fully saturated rings. The number of thiophene rings is 1. The number of nitrogens with zero attached hydrogens (tertiary/aromatic N) is 1. The Morgan fingerprint density at radius 1 is 1.39 bits per heavy atom. The summed E-state index contributed by atoms with van der Waals surface area (Å²) in [5, 5.41) is 25.4. The Labute approximate surface area is 169 Å². The number of piperidine rings is 1. The van der Waals surface area contributed by atoms with Crippen molar-refractivity contribution in [2.24, 2.45) is 0 Å². The number of carbonyl (C=O) groups is 1. The second kappa shape index (κ2) is 8.71. The first-order valence-electron chi connectivity index (χ1n) is 9.50. The highest BCUT2D eigenvalue weighted by Gasteiger charge is 2.21. The van der Waals surface area contributed by atoms with Gasteiger partial charge >= 0.3 is 0 Å². The molecule has 0 radical (unpaired) electrons. The van der Waals surface area contributed by atoms with Gasteiger partial charge in [-0.05, 0) is 68.0 Å². The minimum atomic E-state index is 0.159. The largest absolute Gasteiger partial charge is 0.507 e. The van der Waals surface area contributed by atoms with Crippen LogP contribution in [0.15, 0.2) is 47.0 Å². The highest BCUT2D eigenvalue weighted by Crippen LogP contribution is 2.33. The van der Waals surface area contributed by atoms with Crippen LogP contribution in [0.25, 0.3) is 10.1 Å². The number of hydrogen-bond acceptors (Lipinski definition) is 6. The number of carbonyl (C=O) groups excluding carboxylic acids is 1. The zero-order chi connectivity index (χ0) is 20.3. The molecule has 5 nitrogen and oxygen atoms in total. The quantitative estimate of drug-likeness (QED) is 0.374. The average Bonchev–Trinajstić information content (AvgIpc) is 3.17. The molecule has 1 aromatic heterocycles. The zero-order valence-corrected chi connectivity index (χ0v) is 17.2. The fourth-order valence-electron chi connectivity index (χ4n) is 3.65. The van der Waals surface area contributed by atoms with Crippen molar-refractivity contribution in [1.29, 1.82) is 5.41 Å². The van der Waals surface area contributed by atoms with E-state index < -0.39 is 0 Å². The standard InChI is InChI=1S/C22H27N3O2S/c1-14(16(3)24-17-5-4-9-25(13-17)10-11-26)15(2)21(23)19-6-7-20-18(22(19)27)8-12-28-20/h6-8,11-12,17,23-24,27H,3-5,9-10,13H2,1-2H3/b15-14-,23-21?/t17-/m1/s1. The van der Waals surface area contributed by atoms with Crippen LogP contribution in [0.4, 0.5) is 0 Å². The molecule has 3 N–H and O–H groups in total. The van der Waals surface area contributed by atoms with Gasteiger partial charge in [0, 0.05) is 33.9 Å². The third kappa shape index (κ3) is 4.18. The highest BCUT2D eigenvalue weighted by molar-refractivity contribution is 7.17. The van der Waals surface area contributed by atoms with Crippen molar-refractivity contribution in [2.45, 2.75) is 32.7 Å². The number of aromatic hydroxyl groups is 1. The smallest absolute Gasteiger partial charge is 0.133 e. The lowest BCUT2D eigenvalue weighted by Crippen LogP contribution is -2.45. The van der Waals surface area contributed by atoms with E-state index in [9.17, 15) is 9.90 Å². The van der Waals surface area contributed by atoms with Crippen LogP contribution in [0.3, 0.4) is 0 Å². The van der Waals surface area contributed by atoms with Crippen molar-refractivity contribution in [3.63, 3.8) is 0 Å². The summed E-state index contributed by atoms with van der Waals surface area (Å²) in [5.74, 6) is 0.159. The van der Waals surface area contributed by atoms with E-state index in [-0.39, 0.29) is 11.8 Å². The van der Waals surface area contributed by atoms with Crippen molar-refractivity contribution in [3.05, 3.63) is 52.6 Å². The van der Waals surface area contributed by atoms with E-state index in [4.69, 9.17) is 5.41 Å². The lowest BCUT2D eigenvalue weighted by molar-refractivity contribution is -0.109. The maximum atomic E-state index is 10.8. The third-order valence-electron chi connectivity index (χ3n) is 5.48. The van der Waals surface area contributed by atoms with Crippen LogP contribution in [-0.4, -0.2) is 47.7 Å². The molecule has 1 aliphatic rings. The molecule has 0 spiro atoms. The minimum Gasteiger partial charge on any atom is -0.507 e. The molecule has 1 aromatic carbocycles. The molecule has 0 unspecified atom stereocenters. The monoisotopic (exact) mass is 397 g/mol. The van der Waals surface area contributed by atoms with Crippen LogP contribution in [0, 0.1) is 5.41 Å². The van der Waals surface area contributed by atoms with Crippen LogP contribution < -0.4 is 5.32 Å². The Morgan fingerprint density at radius 2 is 2.18 bits per heavy atom. The summed E-state index contributed by atoms with van der Waals surface area (Å²) < 4.78 is 1.01. The van der Waals surface area contributed by atoms with Gasteiger partial charge in [-0.3, -0.25) is 10.3 Å². The van der Waals surface area contributed by atoms with Crippen molar-refractivity contribution < 1.29 is 9.90 Å². The number of hydrogen-bond donors (Lipinski definition) is 3. The molecular formula is C22H27N3O2S. The molecule has 1 saturated heterocycles. The lowest BCUT2D eigenvalue weighted by Gasteiger charge is -2.33. The van der Waals surface area contributed by atoms with Gasteiger partial charge in [-0.1, -0.05) is 6.58 Å². The Bertz CT molecular complexity index is 944. The predicted octanol–water partition coefficient (Wildman–Crippen LogP) is 4.08. The summed E-state index contributed by atoms with van der Waals surface area (Å²) in [4.78, 5) is 12.9. The number of nitrogens with one attached hydrogen (secondary N) is 2. The Morgan fingerprint density at radius 3 is 2.93 bits per heavy atom. The van der Waals surface area contributed by atoms with Gasteiger partial charge in [0.05, 0.1) is 12.3 Å². The van der Waals surface area contributed by atoms with Crippen LogP contribution in [0.2, 0.25) is 0 Å². The molecule has 1 aliphatic heterocycles. The van der Waals surface area contributed by atoms with Crippen LogP contribution in [0.1, 0.15) is 32.3 Å². The third-order valence-corrected chi connectivity index (χ3v) is 6.36. The maximum Gasteiger partial charge on any atom is 0.133 e. The van der Waals surface area contributed by atoms with E-state index in [1.807, 2.05) is 37.4 Å². The second-order valence-corrected chi connectivity index (χ2v) is 8.26. The predicted molar refractivity (Wildman–Crippen MR) is 116 cm³/mol. The molecule has 6 heteroatoms. The number of allylic oxidation sites excluding steroid dienone is 2. The Kier molecular flexibility index (Phi) is 6.31. The average molecular weight is 398 g/mol.